The molecule has 0 saturated heterocycles. The smallest absolute Gasteiger partial charge is 0.248 e. The molecule has 0 unspecified atom stereocenters. The Morgan fingerprint density at radius 3 is 2.75 bits per heavy atom. The highest BCUT2D eigenvalue weighted by Gasteiger charge is 2.02. The highest BCUT2D eigenvalue weighted by atomic mass is 79.9. The van der Waals surface area contributed by atoms with Crippen LogP contribution in [0.3, 0.4) is 0 Å². The summed E-state index contributed by atoms with van der Waals surface area (Å²) in [6, 6.07) is 11.5. The van der Waals surface area contributed by atoms with Gasteiger partial charge in [0.1, 0.15) is 5.82 Å². The molecule has 2 aromatic rings. The summed E-state index contributed by atoms with van der Waals surface area (Å²) >= 11 is 3.06. The van der Waals surface area contributed by atoms with Gasteiger partial charge in [0.2, 0.25) is 5.91 Å². The molecule has 0 spiro atoms. The molecule has 0 heterocycles. The molecule has 5 heteroatoms. The molecule has 102 valence electrons. The van der Waals surface area contributed by atoms with Crippen LogP contribution in [-0.4, -0.2) is 5.91 Å². The Labute approximate surface area is 124 Å². The summed E-state index contributed by atoms with van der Waals surface area (Å²) in [6.45, 7) is 0. The second-order valence-corrected chi connectivity index (χ2v) is 4.98. The third-order valence-corrected chi connectivity index (χ3v) is 3.13. The van der Waals surface area contributed by atoms with Gasteiger partial charge >= 0.3 is 0 Å². The first-order chi connectivity index (χ1) is 9.54. The second-order valence-electron chi connectivity index (χ2n) is 4.12. The van der Waals surface area contributed by atoms with E-state index in [1.807, 2.05) is 12.1 Å². The number of carbonyl (C=O) groups is 1. The molecular weight excluding hydrogens is 323 g/mol. The minimum absolute atomic E-state index is 0.300. The van der Waals surface area contributed by atoms with Gasteiger partial charge in [0.05, 0.1) is 4.47 Å². The fourth-order valence-corrected chi connectivity index (χ4v) is 1.97. The van der Waals surface area contributed by atoms with Crippen LogP contribution in [0.1, 0.15) is 5.56 Å². The quantitative estimate of drug-likeness (QED) is 0.662. The molecule has 2 rings (SSSR count). The molecular formula is C15H12BrFN2O. The van der Waals surface area contributed by atoms with Gasteiger partial charge in [0, 0.05) is 17.5 Å². The monoisotopic (exact) mass is 334 g/mol. The Morgan fingerprint density at radius 2 is 2.05 bits per heavy atom. The molecule has 1 amide bonds. The molecule has 2 aromatic carbocycles. The van der Waals surface area contributed by atoms with Gasteiger partial charge < -0.3 is 11.1 Å². The van der Waals surface area contributed by atoms with Gasteiger partial charge in [-0.1, -0.05) is 12.1 Å². The average molecular weight is 335 g/mol. The topological polar surface area (TPSA) is 55.1 Å². The van der Waals surface area contributed by atoms with Crippen LogP contribution < -0.4 is 11.1 Å². The third-order valence-electron chi connectivity index (χ3n) is 2.52. The number of nitrogens with one attached hydrogen (secondary N) is 1. The van der Waals surface area contributed by atoms with Crippen LogP contribution in [-0.2, 0) is 4.79 Å². The maximum absolute atomic E-state index is 13.1. The summed E-state index contributed by atoms with van der Waals surface area (Å²) in [6.07, 6.45) is 3.05. The van der Waals surface area contributed by atoms with Gasteiger partial charge in [-0.3, -0.25) is 4.79 Å². The normalized spacial score (nSPS) is 10.7. The number of carbonyl (C=O) groups excluding carboxylic acids is 1. The summed E-state index contributed by atoms with van der Waals surface area (Å²) in [5.74, 6) is -0.677. The highest BCUT2D eigenvalue weighted by molar-refractivity contribution is 9.10. The van der Waals surface area contributed by atoms with Crippen LogP contribution in [0.15, 0.2) is 53.0 Å². The Hall–Kier alpha value is -2.14. The molecule has 0 aliphatic rings. The predicted octanol–water partition coefficient (Wildman–Crippen LogP) is 3.82. The van der Waals surface area contributed by atoms with E-state index in [4.69, 9.17) is 5.73 Å². The van der Waals surface area contributed by atoms with E-state index in [1.165, 1.54) is 24.3 Å². The van der Waals surface area contributed by atoms with Gasteiger partial charge in [0.25, 0.3) is 0 Å². The lowest BCUT2D eigenvalue weighted by atomic mass is 10.2. The summed E-state index contributed by atoms with van der Waals surface area (Å²) in [4.78, 5) is 11.7. The van der Waals surface area contributed by atoms with E-state index in [0.29, 0.717) is 15.8 Å². The van der Waals surface area contributed by atoms with Gasteiger partial charge in [-0.25, -0.2) is 4.39 Å². The van der Waals surface area contributed by atoms with Crippen LogP contribution in [0.4, 0.5) is 15.8 Å². The number of hydrogen-bond acceptors (Lipinski definition) is 2. The average Bonchev–Trinajstić information content (AvgIpc) is 2.41. The predicted molar refractivity (Wildman–Crippen MR) is 82.6 cm³/mol. The van der Waals surface area contributed by atoms with E-state index in [9.17, 15) is 9.18 Å². The SMILES string of the molecule is Nc1cccc(/C=C/C(=O)Nc2ccc(F)c(Br)c2)c1. The molecule has 0 aliphatic carbocycles. The largest absolute Gasteiger partial charge is 0.399 e. The number of anilines is 2. The third kappa shape index (κ3) is 3.93. The van der Waals surface area contributed by atoms with Crippen molar-refractivity contribution in [2.24, 2.45) is 0 Å². The zero-order valence-corrected chi connectivity index (χ0v) is 12.0. The Morgan fingerprint density at radius 1 is 1.25 bits per heavy atom. The van der Waals surface area contributed by atoms with Crippen molar-refractivity contribution < 1.29 is 9.18 Å². The summed E-state index contributed by atoms with van der Waals surface area (Å²) in [7, 11) is 0. The highest BCUT2D eigenvalue weighted by Crippen LogP contribution is 2.20. The zero-order valence-electron chi connectivity index (χ0n) is 10.4. The van der Waals surface area contributed by atoms with Crippen LogP contribution in [0.25, 0.3) is 6.08 Å². The number of nitrogen functional groups attached to an aromatic ring is 1. The summed E-state index contributed by atoms with van der Waals surface area (Å²) < 4.78 is 13.4. The minimum Gasteiger partial charge on any atom is -0.399 e. The Bertz CT molecular complexity index is 671. The Balaban J connectivity index is 2.03. The molecule has 0 aromatic heterocycles. The van der Waals surface area contributed by atoms with Crippen molar-refractivity contribution in [1.29, 1.82) is 0 Å². The molecule has 0 radical (unpaired) electrons. The van der Waals surface area contributed by atoms with Crippen LogP contribution in [0, 0.1) is 5.82 Å². The fraction of sp³-hybridized carbons (Fsp3) is 0. The van der Waals surface area contributed by atoms with Crippen molar-refractivity contribution in [3.63, 3.8) is 0 Å². The lowest BCUT2D eigenvalue weighted by Crippen LogP contribution is -2.07. The number of nitrogens with two attached hydrogens (primary N) is 1. The minimum atomic E-state index is -0.377. The lowest BCUT2D eigenvalue weighted by molar-refractivity contribution is -0.111. The van der Waals surface area contributed by atoms with Crippen molar-refractivity contribution in [3.05, 3.63) is 64.4 Å². The van der Waals surface area contributed by atoms with E-state index in [-0.39, 0.29) is 11.7 Å². The van der Waals surface area contributed by atoms with Gasteiger partial charge in [-0.15, -0.1) is 0 Å². The molecule has 0 bridgehead atoms. The molecule has 3 nitrogen and oxygen atoms in total. The van der Waals surface area contributed by atoms with Crippen LogP contribution in [0.2, 0.25) is 0 Å². The van der Waals surface area contributed by atoms with Crippen molar-refractivity contribution in [1.82, 2.24) is 0 Å². The van der Waals surface area contributed by atoms with Gasteiger partial charge in [0.15, 0.2) is 0 Å². The van der Waals surface area contributed by atoms with E-state index >= 15 is 0 Å². The maximum Gasteiger partial charge on any atom is 0.248 e. The van der Waals surface area contributed by atoms with Crippen molar-refractivity contribution in [3.8, 4) is 0 Å². The molecule has 0 fully saturated rings. The summed E-state index contributed by atoms with van der Waals surface area (Å²) in [5, 5.41) is 2.64. The lowest BCUT2D eigenvalue weighted by Gasteiger charge is -2.03. The number of hydrogen-bond donors (Lipinski definition) is 2. The van der Waals surface area contributed by atoms with E-state index < -0.39 is 0 Å². The Kier molecular flexibility index (Phi) is 4.53. The van der Waals surface area contributed by atoms with Crippen molar-refractivity contribution >= 4 is 39.3 Å². The first-order valence-corrected chi connectivity index (χ1v) is 6.63. The van der Waals surface area contributed by atoms with E-state index in [1.54, 1.807) is 18.2 Å². The van der Waals surface area contributed by atoms with Gasteiger partial charge in [-0.05, 0) is 57.9 Å². The molecule has 0 atom stereocenters. The second kappa shape index (κ2) is 6.34. The zero-order chi connectivity index (χ0) is 14.5. The number of amides is 1. The maximum atomic E-state index is 13.1. The fourth-order valence-electron chi connectivity index (χ4n) is 1.59. The first kappa shape index (κ1) is 14.3. The number of halogens is 2. The summed E-state index contributed by atoms with van der Waals surface area (Å²) in [5.41, 5.74) is 7.63. The van der Waals surface area contributed by atoms with Crippen molar-refractivity contribution in [2.75, 3.05) is 11.1 Å². The van der Waals surface area contributed by atoms with Gasteiger partial charge in [-0.2, -0.15) is 0 Å². The first-order valence-electron chi connectivity index (χ1n) is 5.84. The van der Waals surface area contributed by atoms with Crippen LogP contribution >= 0.6 is 15.9 Å². The van der Waals surface area contributed by atoms with Crippen molar-refractivity contribution in [2.45, 2.75) is 0 Å². The number of rotatable bonds is 3. The van der Waals surface area contributed by atoms with Crippen LogP contribution in [0.5, 0.6) is 0 Å². The molecule has 20 heavy (non-hydrogen) atoms. The van der Waals surface area contributed by atoms with E-state index in [2.05, 4.69) is 21.2 Å². The molecule has 0 saturated carbocycles. The standard InChI is InChI=1S/C15H12BrFN2O/c16-13-9-12(5-6-14(13)17)19-15(20)7-4-10-2-1-3-11(18)8-10/h1-9H,18H2,(H,19,20)/b7-4+. The van der Waals surface area contributed by atoms with E-state index in [0.717, 1.165) is 5.56 Å². The molecule has 0 aliphatic heterocycles. The molecule has 3 N–H and O–H groups in total. The number of benzene rings is 2.